The molecule has 0 radical (unpaired) electrons. The third-order valence-electron chi connectivity index (χ3n) is 5.08. The molecule has 0 spiro atoms. The summed E-state index contributed by atoms with van der Waals surface area (Å²) in [5, 5.41) is 0.398. The van der Waals surface area contributed by atoms with Gasteiger partial charge >= 0.3 is 0 Å². The van der Waals surface area contributed by atoms with E-state index in [-0.39, 0.29) is 29.3 Å². The Bertz CT molecular complexity index is 921. The molecule has 1 aliphatic carbocycles. The Morgan fingerprint density at radius 2 is 1.69 bits per heavy atom. The Hall–Kier alpha value is -1.79. The van der Waals surface area contributed by atoms with E-state index in [9.17, 15) is 17.2 Å². The first-order valence-electron chi connectivity index (χ1n) is 8.22. The Labute approximate surface area is 156 Å². The standard InChI is InChI=1S/C19H18ClF2NO2S/c1-23-15-8-10-19(11-9-15,17-12-14(21)4-7-18(17)22)26(24,25)16-5-2-13(20)3-6-16/h2-7,12,15H,1,8-11H2. The third-order valence-corrected chi connectivity index (χ3v) is 7.88. The van der Waals surface area contributed by atoms with Gasteiger partial charge in [0.2, 0.25) is 0 Å². The lowest BCUT2D eigenvalue weighted by Crippen LogP contribution is -2.41. The summed E-state index contributed by atoms with van der Waals surface area (Å²) in [4.78, 5) is 4.02. The van der Waals surface area contributed by atoms with Crippen LogP contribution in [0, 0.1) is 11.6 Å². The normalized spacial score (nSPS) is 23.6. The van der Waals surface area contributed by atoms with Crippen LogP contribution < -0.4 is 0 Å². The van der Waals surface area contributed by atoms with Crippen molar-refractivity contribution >= 4 is 28.2 Å². The van der Waals surface area contributed by atoms with Crippen molar-refractivity contribution in [2.45, 2.75) is 41.4 Å². The second-order valence-electron chi connectivity index (χ2n) is 6.49. The van der Waals surface area contributed by atoms with E-state index in [1.54, 1.807) is 0 Å². The van der Waals surface area contributed by atoms with Crippen LogP contribution in [-0.2, 0) is 14.6 Å². The molecule has 0 saturated heterocycles. The Kier molecular flexibility index (Phi) is 5.17. The second-order valence-corrected chi connectivity index (χ2v) is 9.19. The van der Waals surface area contributed by atoms with Gasteiger partial charge in [-0.05, 0) is 74.9 Å². The maximum atomic E-state index is 14.6. The minimum Gasteiger partial charge on any atom is -0.298 e. The minimum atomic E-state index is -3.99. The van der Waals surface area contributed by atoms with Gasteiger partial charge in [-0.25, -0.2) is 17.2 Å². The van der Waals surface area contributed by atoms with Gasteiger partial charge in [0.1, 0.15) is 16.4 Å². The highest BCUT2D eigenvalue weighted by Gasteiger charge is 2.49. The molecule has 1 fully saturated rings. The van der Waals surface area contributed by atoms with Crippen molar-refractivity contribution in [2.75, 3.05) is 0 Å². The molecule has 2 aromatic carbocycles. The van der Waals surface area contributed by atoms with E-state index in [0.717, 1.165) is 18.2 Å². The van der Waals surface area contributed by atoms with Gasteiger partial charge in [-0.3, -0.25) is 4.99 Å². The zero-order chi connectivity index (χ0) is 18.9. The number of hydrogen-bond acceptors (Lipinski definition) is 3. The molecule has 1 aliphatic rings. The first-order valence-corrected chi connectivity index (χ1v) is 10.1. The zero-order valence-corrected chi connectivity index (χ0v) is 15.5. The molecule has 0 heterocycles. The maximum absolute atomic E-state index is 14.6. The Morgan fingerprint density at radius 3 is 2.27 bits per heavy atom. The quantitative estimate of drug-likeness (QED) is 0.686. The highest BCUT2D eigenvalue weighted by Crippen LogP contribution is 2.48. The van der Waals surface area contributed by atoms with E-state index in [2.05, 4.69) is 11.7 Å². The molecule has 138 valence electrons. The fourth-order valence-electron chi connectivity index (χ4n) is 3.62. The summed E-state index contributed by atoms with van der Waals surface area (Å²) >= 11 is 5.86. The number of hydrogen-bond donors (Lipinski definition) is 0. The first-order chi connectivity index (χ1) is 12.3. The lowest BCUT2D eigenvalue weighted by atomic mass is 9.80. The summed E-state index contributed by atoms with van der Waals surface area (Å²) in [6, 6.07) is 8.61. The molecule has 3 rings (SSSR count). The van der Waals surface area contributed by atoms with Crippen LogP contribution in [-0.4, -0.2) is 21.2 Å². The van der Waals surface area contributed by atoms with E-state index < -0.39 is 26.2 Å². The van der Waals surface area contributed by atoms with E-state index in [4.69, 9.17) is 11.6 Å². The zero-order valence-electron chi connectivity index (χ0n) is 14.0. The molecule has 1 saturated carbocycles. The molecule has 0 amide bonds. The number of halogens is 3. The van der Waals surface area contributed by atoms with Gasteiger partial charge in [0.15, 0.2) is 9.84 Å². The van der Waals surface area contributed by atoms with E-state index in [0.29, 0.717) is 17.9 Å². The van der Waals surface area contributed by atoms with Crippen LogP contribution in [0.4, 0.5) is 8.78 Å². The second kappa shape index (κ2) is 7.08. The van der Waals surface area contributed by atoms with Gasteiger partial charge in [-0.1, -0.05) is 11.6 Å². The predicted octanol–water partition coefficient (Wildman–Crippen LogP) is 4.93. The molecule has 0 aromatic heterocycles. The monoisotopic (exact) mass is 397 g/mol. The van der Waals surface area contributed by atoms with E-state index in [1.807, 2.05) is 0 Å². The van der Waals surface area contributed by atoms with Crippen molar-refractivity contribution in [3.8, 4) is 0 Å². The molecule has 0 bridgehead atoms. The van der Waals surface area contributed by atoms with Crippen LogP contribution in [0.3, 0.4) is 0 Å². The van der Waals surface area contributed by atoms with Crippen molar-refractivity contribution in [2.24, 2.45) is 4.99 Å². The van der Waals surface area contributed by atoms with Crippen LogP contribution in [0.2, 0.25) is 5.02 Å². The van der Waals surface area contributed by atoms with Gasteiger partial charge in [0.25, 0.3) is 0 Å². The fraction of sp³-hybridized carbons (Fsp3) is 0.316. The first kappa shape index (κ1) is 19.0. The molecule has 0 unspecified atom stereocenters. The third kappa shape index (κ3) is 3.16. The lowest BCUT2D eigenvalue weighted by Gasteiger charge is -2.39. The largest absolute Gasteiger partial charge is 0.298 e. The fourth-order valence-corrected chi connectivity index (χ4v) is 5.91. The summed E-state index contributed by atoms with van der Waals surface area (Å²) in [7, 11) is -3.99. The predicted molar refractivity (Wildman–Crippen MR) is 98.5 cm³/mol. The average Bonchev–Trinajstić information content (AvgIpc) is 2.64. The van der Waals surface area contributed by atoms with Gasteiger partial charge in [0, 0.05) is 16.6 Å². The number of benzene rings is 2. The molecule has 3 nitrogen and oxygen atoms in total. The van der Waals surface area contributed by atoms with Gasteiger partial charge < -0.3 is 0 Å². The smallest absolute Gasteiger partial charge is 0.188 e. The Morgan fingerprint density at radius 1 is 1.08 bits per heavy atom. The van der Waals surface area contributed by atoms with Crippen molar-refractivity contribution in [1.82, 2.24) is 0 Å². The van der Waals surface area contributed by atoms with Gasteiger partial charge in [0.05, 0.1) is 4.90 Å². The van der Waals surface area contributed by atoms with Crippen molar-refractivity contribution in [3.05, 3.63) is 64.7 Å². The molecule has 0 atom stereocenters. The summed E-state index contributed by atoms with van der Waals surface area (Å²) in [6.07, 6.45) is 1.16. The van der Waals surface area contributed by atoms with Crippen LogP contribution >= 0.6 is 11.6 Å². The number of aliphatic imine (C=N–C) groups is 1. The summed E-state index contributed by atoms with van der Waals surface area (Å²) in [6.45, 7) is 3.52. The van der Waals surface area contributed by atoms with Crippen LogP contribution in [0.25, 0.3) is 0 Å². The van der Waals surface area contributed by atoms with Crippen molar-refractivity contribution in [3.63, 3.8) is 0 Å². The maximum Gasteiger partial charge on any atom is 0.188 e. The van der Waals surface area contributed by atoms with Crippen molar-refractivity contribution < 1.29 is 17.2 Å². The van der Waals surface area contributed by atoms with Crippen LogP contribution in [0.5, 0.6) is 0 Å². The molecule has 2 aromatic rings. The molecular weight excluding hydrogens is 380 g/mol. The highest BCUT2D eigenvalue weighted by molar-refractivity contribution is 7.92. The average molecular weight is 398 g/mol. The highest BCUT2D eigenvalue weighted by atomic mass is 35.5. The SMILES string of the molecule is C=NC1CCC(c2cc(F)ccc2F)(S(=O)(=O)c2ccc(Cl)cc2)CC1. The molecule has 7 heteroatoms. The molecule has 0 N–H and O–H groups in total. The summed E-state index contributed by atoms with van der Waals surface area (Å²) in [5.74, 6) is -1.40. The van der Waals surface area contributed by atoms with Crippen LogP contribution in [0.1, 0.15) is 31.2 Å². The van der Waals surface area contributed by atoms with Crippen LogP contribution in [0.15, 0.2) is 52.4 Å². The molecule has 0 aliphatic heterocycles. The summed E-state index contributed by atoms with van der Waals surface area (Å²) < 4.78 is 53.9. The van der Waals surface area contributed by atoms with Gasteiger partial charge in [-0.2, -0.15) is 0 Å². The van der Waals surface area contributed by atoms with Crippen molar-refractivity contribution in [1.29, 1.82) is 0 Å². The van der Waals surface area contributed by atoms with Gasteiger partial charge in [-0.15, -0.1) is 0 Å². The van der Waals surface area contributed by atoms with E-state index in [1.165, 1.54) is 24.3 Å². The topological polar surface area (TPSA) is 46.5 Å². The molecule has 26 heavy (non-hydrogen) atoms. The van der Waals surface area contributed by atoms with E-state index >= 15 is 0 Å². The summed E-state index contributed by atoms with van der Waals surface area (Å²) in [5.41, 5.74) is -0.130. The number of nitrogens with zero attached hydrogens (tertiary/aromatic N) is 1. The molecular formula is C19H18ClF2NO2S. The Balaban J connectivity index is 2.20. The minimum absolute atomic E-state index is 0.0376. The number of sulfone groups is 1. The number of rotatable bonds is 4. The lowest BCUT2D eigenvalue weighted by molar-refractivity contribution is 0.339.